The van der Waals surface area contributed by atoms with Crippen molar-refractivity contribution in [1.82, 2.24) is 10.2 Å². The molecular formula is C14H26N2OS. The lowest BCUT2D eigenvalue weighted by Gasteiger charge is -2.27. The monoisotopic (exact) mass is 270 g/mol. The Morgan fingerprint density at radius 1 is 1.50 bits per heavy atom. The third kappa shape index (κ3) is 5.06. The summed E-state index contributed by atoms with van der Waals surface area (Å²) in [5, 5.41) is 5.68. The molecule has 0 radical (unpaired) electrons. The summed E-state index contributed by atoms with van der Waals surface area (Å²) < 4.78 is 5.21. The van der Waals surface area contributed by atoms with E-state index in [9.17, 15) is 0 Å². The Morgan fingerprint density at radius 3 is 2.83 bits per heavy atom. The van der Waals surface area contributed by atoms with E-state index in [0.717, 1.165) is 32.8 Å². The second-order valence-electron chi connectivity index (χ2n) is 4.64. The highest BCUT2D eigenvalue weighted by atomic mass is 32.1. The van der Waals surface area contributed by atoms with Crippen LogP contribution in [0.3, 0.4) is 0 Å². The first kappa shape index (κ1) is 15.6. The average molecular weight is 270 g/mol. The van der Waals surface area contributed by atoms with Crippen molar-refractivity contribution in [2.24, 2.45) is 0 Å². The van der Waals surface area contributed by atoms with Crippen LogP contribution in [0.2, 0.25) is 0 Å². The van der Waals surface area contributed by atoms with Gasteiger partial charge in [-0.25, -0.2) is 0 Å². The fourth-order valence-electron chi connectivity index (χ4n) is 2.05. The van der Waals surface area contributed by atoms with Crippen molar-refractivity contribution in [3.8, 4) is 0 Å². The van der Waals surface area contributed by atoms with Crippen molar-refractivity contribution in [1.29, 1.82) is 0 Å². The van der Waals surface area contributed by atoms with Gasteiger partial charge in [0.15, 0.2) is 0 Å². The molecular weight excluding hydrogens is 244 g/mol. The van der Waals surface area contributed by atoms with Gasteiger partial charge in [-0.2, -0.15) is 0 Å². The van der Waals surface area contributed by atoms with Crippen LogP contribution in [0.15, 0.2) is 11.4 Å². The summed E-state index contributed by atoms with van der Waals surface area (Å²) in [5.74, 6) is 0. The van der Waals surface area contributed by atoms with Crippen molar-refractivity contribution in [2.75, 3.05) is 33.4 Å². The standard InChI is InChI=1S/C14H26N2OS/c1-5-16(13(3)11-17-4)8-7-15-10-14-12(2)6-9-18-14/h6,9,13,15H,5,7-8,10-11H2,1-4H3. The lowest BCUT2D eigenvalue weighted by molar-refractivity contribution is 0.103. The molecule has 0 spiro atoms. The summed E-state index contributed by atoms with van der Waals surface area (Å²) >= 11 is 1.83. The maximum Gasteiger partial charge on any atom is 0.0615 e. The second kappa shape index (κ2) is 8.64. The van der Waals surface area contributed by atoms with Crippen LogP contribution in [-0.4, -0.2) is 44.3 Å². The zero-order valence-corrected chi connectivity index (χ0v) is 12.8. The number of methoxy groups -OCH3 is 1. The Balaban J connectivity index is 2.21. The van der Waals surface area contributed by atoms with Gasteiger partial charge in [-0.3, -0.25) is 4.90 Å². The first-order chi connectivity index (χ1) is 8.69. The molecule has 0 amide bonds. The van der Waals surface area contributed by atoms with E-state index in [1.807, 2.05) is 11.3 Å². The van der Waals surface area contributed by atoms with Gasteiger partial charge in [0.1, 0.15) is 0 Å². The minimum atomic E-state index is 0.491. The molecule has 1 heterocycles. The molecule has 0 aliphatic carbocycles. The highest BCUT2D eigenvalue weighted by Gasteiger charge is 2.10. The molecule has 0 aliphatic rings. The number of hydrogen-bond acceptors (Lipinski definition) is 4. The molecule has 1 atom stereocenters. The topological polar surface area (TPSA) is 24.5 Å². The number of hydrogen-bond donors (Lipinski definition) is 1. The molecule has 1 N–H and O–H groups in total. The predicted octanol–water partition coefficient (Wildman–Crippen LogP) is 2.50. The third-order valence-electron chi connectivity index (χ3n) is 3.27. The zero-order valence-electron chi connectivity index (χ0n) is 12.0. The van der Waals surface area contributed by atoms with Crippen LogP contribution in [0, 0.1) is 6.92 Å². The van der Waals surface area contributed by atoms with Gasteiger partial charge in [-0.15, -0.1) is 11.3 Å². The fourth-order valence-corrected chi connectivity index (χ4v) is 2.92. The lowest BCUT2D eigenvalue weighted by atomic mass is 10.3. The van der Waals surface area contributed by atoms with Crippen molar-refractivity contribution < 1.29 is 4.74 Å². The maximum atomic E-state index is 5.21. The quantitative estimate of drug-likeness (QED) is 0.698. The number of ether oxygens (including phenoxy) is 1. The van der Waals surface area contributed by atoms with E-state index in [1.165, 1.54) is 10.4 Å². The van der Waals surface area contributed by atoms with Crippen LogP contribution >= 0.6 is 11.3 Å². The summed E-state index contributed by atoms with van der Waals surface area (Å²) in [5.41, 5.74) is 1.40. The molecule has 0 saturated heterocycles. The van der Waals surface area contributed by atoms with Gasteiger partial charge >= 0.3 is 0 Å². The number of likely N-dealkylation sites (N-methyl/N-ethyl adjacent to an activating group) is 1. The Hall–Kier alpha value is -0.420. The number of nitrogens with zero attached hydrogens (tertiary/aromatic N) is 1. The molecule has 0 saturated carbocycles. The Kier molecular flexibility index (Phi) is 7.51. The predicted molar refractivity (Wildman–Crippen MR) is 79.3 cm³/mol. The maximum absolute atomic E-state index is 5.21. The second-order valence-corrected chi connectivity index (χ2v) is 5.64. The molecule has 0 bridgehead atoms. The van der Waals surface area contributed by atoms with E-state index in [2.05, 4.69) is 42.4 Å². The van der Waals surface area contributed by atoms with E-state index in [-0.39, 0.29) is 0 Å². The third-order valence-corrected chi connectivity index (χ3v) is 4.29. The van der Waals surface area contributed by atoms with E-state index in [4.69, 9.17) is 4.74 Å². The summed E-state index contributed by atoms with van der Waals surface area (Å²) in [6, 6.07) is 2.67. The molecule has 1 rings (SSSR count). The van der Waals surface area contributed by atoms with Crippen molar-refractivity contribution in [3.05, 3.63) is 21.9 Å². The van der Waals surface area contributed by atoms with Crippen LogP contribution in [0.5, 0.6) is 0 Å². The minimum absolute atomic E-state index is 0.491. The SMILES string of the molecule is CCN(CCNCc1sccc1C)C(C)COC. The smallest absolute Gasteiger partial charge is 0.0615 e. The van der Waals surface area contributed by atoms with Gasteiger partial charge in [-0.1, -0.05) is 6.92 Å². The normalized spacial score (nSPS) is 13.2. The van der Waals surface area contributed by atoms with Crippen molar-refractivity contribution in [3.63, 3.8) is 0 Å². The van der Waals surface area contributed by atoms with E-state index < -0.39 is 0 Å². The minimum Gasteiger partial charge on any atom is -0.383 e. The van der Waals surface area contributed by atoms with Crippen LogP contribution < -0.4 is 5.32 Å². The van der Waals surface area contributed by atoms with Crippen LogP contribution in [-0.2, 0) is 11.3 Å². The molecule has 1 unspecified atom stereocenters. The number of rotatable bonds is 9. The van der Waals surface area contributed by atoms with E-state index in [1.54, 1.807) is 7.11 Å². The van der Waals surface area contributed by atoms with Gasteiger partial charge in [-0.05, 0) is 37.4 Å². The summed E-state index contributed by atoms with van der Waals surface area (Å²) in [7, 11) is 1.77. The first-order valence-corrected chi connectivity index (χ1v) is 7.53. The van der Waals surface area contributed by atoms with Gasteiger partial charge in [0.05, 0.1) is 6.61 Å². The summed E-state index contributed by atoms with van der Waals surface area (Å²) in [6.07, 6.45) is 0. The molecule has 1 aromatic rings. The lowest BCUT2D eigenvalue weighted by Crippen LogP contribution is -2.40. The molecule has 104 valence electrons. The Bertz CT molecular complexity index is 327. The Morgan fingerprint density at radius 2 is 2.28 bits per heavy atom. The fraction of sp³-hybridized carbons (Fsp3) is 0.714. The molecule has 4 heteroatoms. The van der Waals surface area contributed by atoms with Crippen LogP contribution in [0.25, 0.3) is 0 Å². The molecule has 18 heavy (non-hydrogen) atoms. The molecule has 0 aromatic carbocycles. The zero-order chi connectivity index (χ0) is 13.4. The number of thiophene rings is 1. The van der Waals surface area contributed by atoms with E-state index >= 15 is 0 Å². The van der Waals surface area contributed by atoms with E-state index in [0.29, 0.717) is 6.04 Å². The average Bonchev–Trinajstić information content (AvgIpc) is 2.75. The van der Waals surface area contributed by atoms with Gasteiger partial charge in [0, 0.05) is 37.7 Å². The highest BCUT2D eigenvalue weighted by molar-refractivity contribution is 7.10. The first-order valence-electron chi connectivity index (χ1n) is 6.65. The number of nitrogens with one attached hydrogen (secondary N) is 1. The van der Waals surface area contributed by atoms with Crippen LogP contribution in [0.4, 0.5) is 0 Å². The molecule has 1 aromatic heterocycles. The summed E-state index contributed by atoms with van der Waals surface area (Å²) in [6.45, 7) is 11.6. The van der Waals surface area contributed by atoms with Crippen LogP contribution in [0.1, 0.15) is 24.3 Å². The molecule has 3 nitrogen and oxygen atoms in total. The highest BCUT2D eigenvalue weighted by Crippen LogP contribution is 2.14. The van der Waals surface area contributed by atoms with Crippen molar-refractivity contribution in [2.45, 2.75) is 33.4 Å². The molecule has 0 aliphatic heterocycles. The number of aryl methyl sites for hydroxylation is 1. The van der Waals surface area contributed by atoms with Gasteiger partial charge in [0.25, 0.3) is 0 Å². The van der Waals surface area contributed by atoms with Gasteiger partial charge in [0.2, 0.25) is 0 Å². The Labute approximate surface area is 115 Å². The largest absolute Gasteiger partial charge is 0.383 e. The summed E-state index contributed by atoms with van der Waals surface area (Å²) in [4.78, 5) is 3.89. The van der Waals surface area contributed by atoms with Crippen molar-refractivity contribution >= 4 is 11.3 Å². The molecule has 0 fully saturated rings. The van der Waals surface area contributed by atoms with Gasteiger partial charge < -0.3 is 10.1 Å².